The Bertz CT molecular complexity index is 781. The number of ketones is 1. The van der Waals surface area contributed by atoms with Crippen LogP contribution in [-0.2, 0) is 6.42 Å². The molecule has 124 valence electrons. The lowest BCUT2D eigenvalue weighted by Gasteiger charge is -2.04. The van der Waals surface area contributed by atoms with Gasteiger partial charge in [0.2, 0.25) is 0 Å². The van der Waals surface area contributed by atoms with Crippen molar-refractivity contribution in [3.8, 4) is 11.5 Å². The summed E-state index contributed by atoms with van der Waals surface area (Å²) in [5, 5.41) is 9.91. The van der Waals surface area contributed by atoms with Gasteiger partial charge in [-0.15, -0.1) is 0 Å². The summed E-state index contributed by atoms with van der Waals surface area (Å²) >= 11 is 0. The molecule has 0 aromatic heterocycles. The molecule has 0 fully saturated rings. The molecule has 0 radical (unpaired) electrons. The molecule has 0 aliphatic rings. The number of allylic oxidation sites excluding steroid dienone is 3. The highest BCUT2D eigenvalue weighted by Crippen LogP contribution is 2.24. The van der Waals surface area contributed by atoms with Gasteiger partial charge in [0.15, 0.2) is 5.78 Å². The number of ether oxygens (including phenoxy) is 1. The minimum absolute atomic E-state index is 0.0821. The minimum Gasteiger partial charge on any atom is -0.507 e. The lowest BCUT2D eigenvalue weighted by atomic mass is 10.0. The van der Waals surface area contributed by atoms with Crippen LogP contribution in [0.2, 0.25) is 0 Å². The maximum absolute atomic E-state index is 12.2. The van der Waals surface area contributed by atoms with Crippen molar-refractivity contribution >= 4 is 11.9 Å². The van der Waals surface area contributed by atoms with E-state index >= 15 is 0 Å². The lowest BCUT2D eigenvalue weighted by Crippen LogP contribution is -1.95. The zero-order valence-corrected chi connectivity index (χ0v) is 14.2. The van der Waals surface area contributed by atoms with Crippen molar-refractivity contribution in [1.29, 1.82) is 0 Å². The highest BCUT2D eigenvalue weighted by molar-refractivity contribution is 6.08. The Morgan fingerprint density at radius 3 is 2.62 bits per heavy atom. The number of rotatable bonds is 6. The van der Waals surface area contributed by atoms with Crippen LogP contribution in [0.4, 0.5) is 0 Å². The van der Waals surface area contributed by atoms with E-state index in [1.807, 2.05) is 12.1 Å². The van der Waals surface area contributed by atoms with Crippen LogP contribution in [0.3, 0.4) is 0 Å². The van der Waals surface area contributed by atoms with Gasteiger partial charge in [-0.2, -0.15) is 0 Å². The molecule has 1 N–H and O–H groups in total. The van der Waals surface area contributed by atoms with Crippen molar-refractivity contribution < 1.29 is 14.6 Å². The van der Waals surface area contributed by atoms with Crippen molar-refractivity contribution in [1.82, 2.24) is 0 Å². The molecule has 0 bridgehead atoms. The van der Waals surface area contributed by atoms with Gasteiger partial charge in [-0.1, -0.05) is 42.0 Å². The maximum Gasteiger partial charge on any atom is 0.189 e. The molecule has 0 unspecified atom stereocenters. The van der Waals surface area contributed by atoms with Crippen molar-refractivity contribution in [2.24, 2.45) is 0 Å². The van der Waals surface area contributed by atoms with E-state index in [0.717, 1.165) is 12.0 Å². The Morgan fingerprint density at radius 1 is 1.17 bits per heavy atom. The van der Waals surface area contributed by atoms with E-state index in [-0.39, 0.29) is 17.1 Å². The van der Waals surface area contributed by atoms with E-state index in [1.165, 1.54) is 30.4 Å². The van der Waals surface area contributed by atoms with Gasteiger partial charge in [0, 0.05) is 6.07 Å². The van der Waals surface area contributed by atoms with E-state index in [4.69, 9.17) is 4.74 Å². The van der Waals surface area contributed by atoms with Crippen molar-refractivity contribution in [3.63, 3.8) is 0 Å². The van der Waals surface area contributed by atoms with E-state index in [9.17, 15) is 9.90 Å². The van der Waals surface area contributed by atoms with Gasteiger partial charge in [0.25, 0.3) is 0 Å². The molecule has 0 saturated carbocycles. The van der Waals surface area contributed by atoms with Gasteiger partial charge in [0.1, 0.15) is 11.5 Å². The molecular weight excluding hydrogens is 300 g/mol. The Hall–Kier alpha value is -2.81. The molecule has 0 amide bonds. The predicted molar refractivity (Wildman–Crippen MR) is 97.6 cm³/mol. The monoisotopic (exact) mass is 322 g/mol. The molecule has 0 aliphatic heterocycles. The second-order valence-electron chi connectivity index (χ2n) is 5.81. The molecule has 3 heteroatoms. The first-order chi connectivity index (χ1) is 11.5. The zero-order chi connectivity index (χ0) is 17.5. The predicted octanol–water partition coefficient (Wildman–Crippen LogP) is 4.81. The fourth-order valence-corrected chi connectivity index (χ4v) is 2.25. The zero-order valence-electron chi connectivity index (χ0n) is 14.2. The number of carbonyl (C=O) groups is 1. The Kier molecular flexibility index (Phi) is 5.96. The number of phenols is 1. The van der Waals surface area contributed by atoms with E-state index in [2.05, 4.69) is 32.1 Å². The van der Waals surface area contributed by atoms with Crippen LogP contribution in [0.15, 0.2) is 60.2 Å². The van der Waals surface area contributed by atoms with Gasteiger partial charge in [-0.25, -0.2) is 0 Å². The smallest absolute Gasteiger partial charge is 0.189 e. The first kappa shape index (κ1) is 17.5. The van der Waals surface area contributed by atoms with Crippen LogP contribution in [0.5, 0.6) is 11.5 Å². The van der Waals surface area contributed by atoms with Crippen LogP contribution in [0.25, 0.3) is 6.08 Å². The van der Waals surface area contributed by atoms with Crippen LogP contribution in [0.1, 0.15) is 35.3 Å². The molecule has 2 aromatic carbocycles. The van der Waals surface area contributed by atoms with Crippen molar-refractivity contribution in [3.05, 3.63) is 76.9 Å². The van der Waals surface area contributed by atoms with Crippen LogP contribution in [0, 0.1) is 0 Å². The number of aromatic hydroxyl groups is 1. The molecule has 2 rings (SSSR count). The van der Waals surface area contributed by atoms with Gasteiger partial charge < -0.3 is 9.84 Å². The summed E-state index contributed by atoms with van der Waals surface area (Å²) in [5.41, 5.74) is 3.68. The molecule has 2 aromatic rings. The average molecular weight is 322 g/mol. The normalized spacial score (nSPS) is 10.6. The first-order valence-corrected chi connectivity index (χ1v) is 7.81. The molecule has 0 heterocycles. The summed E-state index contributed by atoms with van der Waals surface area (Å²) in [6.07, 6.45) is 6.28. The standard InChI is InChI=1S/C21H22O3/c1-15(2)7-8-16-5-4-6-17(13-16)9-12-20(22)19-11-10-18(24-3)14-21(19)23/h4-7,9-14,23H,8H2,1-3H3/b12-9+. The third-order valence-corrected chi connectivity index (χ3v) is 3.59. The largest absolute Gasteiger partial charge is 0.507 e. The molecule has 0 aliphatic carbocycles. The second kappa shape index (κ2) is 8.16. The summed E-state index contributed by atoms with van der Waals surface area (Å²) in [6, 6.07) is 12.7. The Labute approximate surface area is 142 Å². The summed E-state index contributed by atoms with van der Waals surface area (Å²) in [6.45, 7) is 4.15. The number of methoxy groups -OCH3 is 1. The van der Waals surface area contributed by atoms with Gasteiger partial charge in [-0.3, -0.25) is 4.79 Å². The maximum atomic E-state index is 12.2. The van der Waals surface area contributed by atoms with Crippen molar-refractivity contribution in [2.45, 2.75) is 20.3 Å². The Balaban J connectivity index is 2.14. The van der Waals surface area contributed by atoms with Gasteiger partial charge in [0.05, 0.1) is 12.7 Å². The number of benzene rings is 2. The summed E-state index contributed by atoms with van der Waals surface area (Å²) in [5.74, 6) is 0.186. The first-order valence-electron chi connectivity index (χ1n) is 7.81. The van der Waals surface area contributed by atoms with Gasteiger partial charge in [-0.05, 0) is 49.6 Å². The van der Waals surface area contributed by atoms with E-state index in [1.54, 1.807) is 18.2 Å². The molecule has 0 atom stereocenters. The molecule has 0 saturated heterocycles. The van der Waals surface area contributed by atoms with E-state index < -0.39 is 0 Å². The number of carbonyl (C=O) groups excluding carboxylic acids is 1. The van der Waals surface area contributed by atoms with Crippen LogP contribution >= 0.6 is 0 Å². The number of hydrogen-bond acceptors (Lipinski definition) is 3. The minimum atomic E-state index is -0.246. The highest BCUT2D eigenvalue weighted by atomic mass is 16.5. The fraction of sp³-hybridized carbons (Fsp3) is 0.190. The average Bonchev–Trinajstić information content (AvgIpc) is 2.58. The van der Waals surface area contributed by atoms with E-state index in [0.29, 0.717) is 5.75 Å². The number of hydrogen-bond donors (Lipinski definition) is 1. The third-order valence-electron chi connectivity index (χ3n) is 3.59. The highest BCUT2D eigenvalue weighted by Gasteiger charge is 2.09. The Morgan fingerprint density at radius 2 is 1.96 bits per heavy atom. The topological polar surface area (TPSA) is 46.5 Å². The summed E-state index contributed by atoms with van der Waals surface area (Å²) < 4.78 is 5.02. The number of phenolic OH excluding ortho intramolecular Hbond substituents is 1. The second-order valence-corrected chi connectivity index (χ2v) is 5.81. The molecular formula is C21H22O3. The van der Waals surface area contributed by atoms with Crippen molar-refractivity contribution in [2.75, 3.05) is 7.11 Å². The molecule has 24 heavy (non-hydrogen) atoms. The van der Waals surface area contributed by atoms with Gasteiger partial charge >= 0.3 is 0 Å². The lowest BCUT2D eigenvalue weighted by molar-refractivity contribution is 0.104. The van der Waals surface area contributed by atoms with Crippen LogP contribution in [-0.4, -0.2) is 18.0 Å². The quantitative estimate of drug-likeness (QED) is 0.472. The van der Waals surface area contributed by atoms with Crippen LogP contribution < -0.4 is 4.74 Å². The molecule has 0 spiro atoms. The summed E-state index contributed by atoms with van der Waals surface area (Å²) in [4.78, 5) is 12.2. The molecule has 3 nitrogen and oxygen atoms in total. The summed E-state index contributed by atoms with van der Waals surface area (Å²) in [7, 11) is 1.51. The third kappa shape index (κ3) is 4.85. The fourth-order valence-electron chi connectivity index (χ4n) is 2.25. The SMILES string of the molecule is COc1ccc(C(=O)/C=C/c2cccc(CC=C(C)C)c2)c(O)c1.